The van der Waals surface area contributed by atoms with Crippen molar-refractivity contribution >= 4 is 5.91 Å². The smallest absolute Gasteiger partial charge is 0.255 e. The van der Waals surface area contributed by atoms with Gasteiger partial charge in [0, 0.05) is 12.1 Å². The van der Waals surface area contributed by atoms with E-state index in [1.165, 1.54) is 0 Å². The third-order valence-corrected chi connectivity index (χ3v) is 4.84. The number of benzene rings is 1. The molecule has 0 spiro atoms. The molecule has 0 radical (unpaired) electrons. The van der Waals surface area contributed by atoms with Gasteiger partial charge in [-0.3, -0.25) is 4.79 Å². The normalized spacial score (nSPS) is 16.6. The predicted molar refractivity (Wildman–Crippen MR) is 97.6 cm³/mol. The fraction of sp³-hybridized carbons (Fsp3) is 0.444. The maximum Gasteiger partial charge on any atom is 0.255 e. The Bertz CT molecular complexity index is 946. The fourth-order valence-electron chi connectivity index (χ4n) is 3.76. The van der Waals surface area contributed by atoms with E-state index in [1.807, 2.05) is 30.0 Å². The Balaban J connectivity index is 1.68. The summed E-state index contributed by atoms with van der Waals surface area (Å²) in [5.41, 5.74) is 1.23. The summed E-state index contributed by atoms with van der Waals surface area (Å²) < 4.78 is 2.18. The molecule has 0 saturated heterocycles. The first-order chi connectivity index (χ1) is 13.0. The first-order valence-electron chi connectivity index (χ1n) is 9.07. The zero-order chi connectivity index (χ0) is 19.0. The van der Waals surface area contributed by atoms with E-state index in [4.69, 9.17) is 0 Å². The second-order valence-electron chi connectivity index (χ2n) is 7.28. The molecule has 1 aromatic carbocycles. The topological polar surface area (TPSA) is 105 Å². The van der Waals surface area contributed by atoms with Crippen molar-refractivity contribution in [2.24, 2.45) is 5.92 Å². The molecule has 2 aromatic heterocycles. The lowest BCUT2D eigenvalue weighted by Crippen LogP contribution is -2.42. The molecule has 27 heavy (non-hydrogen) atoms. The van der Waals surface area contributed by atoms with Gasteiger partial charge in [0.05, 0.1) is 18.2 Å². The molecule has 0 unspecified atom stereocenters. The summed E-state index contributed by atoms with van der Waals surface area (Å²) >= 11 is 0. The molecule has 140 valence electrons. The van der Waals surface area contributed by atoms with Crippen LogP contribution in [0.25, 0.3) is 11.4 Å². The minimum atomic E-state index is -0.0592. The summed E-state index contributed by atoms with van der Waals surface area (Å²) in [6, 6.07) is 7.51. The number of H-pyrrole nitrogens is 1. The van der Waals surface area contributed by atoms with Crippen molar-refractivity contribution in [1.29, 1.82) is 0 Å². The molecular weight excluding hydrogens is 344 g/mol. The number of hydrogen-bond acceptors (Lipinski definition) is 6. The SMILES string of the molecule is Cc1nnc2n1[C@@H](CC(C)C)CN(C(=O)c1ccccc1-c1nn[nH]n1)C2. The van der Waals surface area contributed by atoms with Crippen LogP contribution in [0.3, 0.4) is 0 Å². The third kappa shape index (κ3) is 3.20. The van der Waals surface area contributed by atoms with Crippen LogP contribution < -0.4 is 0 Å². The molecule has 1 amide bonds. The van der Waals surface area contributed by atoms with E-state index in [1.54, 1.807) is 6.07 Å². The number of hydrogen-bond donors (Lipinski definition) is 1. The second kappa shape index (κ2) is 6.90. The number of aromatic amines is 1. The lowest BCUT2D eigenvalue weighted by molar-refractivity contribution is 0.0661. The third-order valence-electron chi connectivity index (χ3n) is 4.84. The van der Waals surface area contributed by atoms with Crippen LogP contribution in [0.1, 0.15) is 48.3 Å². The molecule has 0 aliphatic carbocycles. The molecule has 9 nitrogen and oxygen atoms in total. The number of aryl methyl sites for hydroxylation is 1. The van der Waals surface area contributed by atoms with E-state index in [0.717, 1.165) is 18.1 Å². The van der Waals surface area contributed by atoms with E-state index < -0.39 is 0 Å². The van der Waals surface area contributed by atoms with Crippen LogP contribution in [0.2, 0.25) is 0 Å². The van der Waals surface area contributed by atoms with Crippen molar-refractivity contribution in [3.63, 3.8) is 0 Å². The molecule has 1 aliphatic heterocycles. The Hall–Kier alpha value is -3.10. The van der Waals surface area contributed by atoms with Gasteiger partial charge < -0.3 is 9.47 Å². The van der Waals surface area contributed by atoms with Gasteiger partial charge in [0.15, 0.2) is 5.82 Å². The van der Waals surface area contributed by atoms with Crippen LogP contribution in [-0.2, 0) is 6.54 Å². The van der Waals surface area contributed by atoms with E-state index in [9.17, 15) is 4.79 Å². The molecule has 3 heterocycles. The van der Waals surface area contributed by atoms with E-state index in [-0.39, 0.29) is 11.9 Å². The maximum atomic E-state index is 13.3. The molecule has 4 rings (SSSR count). The van der Waals surface area contributed by atoms with Gasteiger partial charge in [-0.25, -0.2) is 0 Å². The molecule has 0 fully saturated rings. The van der Waals surface area contributed by atoms with Crippen LogP contribution in [0.15, 0.2) is 24.3 Å². The van der Waals surface area contributed by atoms with Crippen molar-refractivity contribution < 1.29 is 4.79 Å². The minimum absolute atomic E-state index is 0.0592. The van der Waals surface area contributed by atoms with Gasteiger partial charge in [-0.1, -0.05) is 32.0 Å². The average molecular weight is 366 g/mol. The summed E-state index contributed by atoms with van der Waals surface area (Å²) in [4.78, 5) is 15.2. The van der Waals surface area contributed by atoms with Crippen LogP contribution in [-0.4, -0.2) is 52.7 Å². The van der Waals surface area contributed by atoms with E-state index >= 15 is 0 Å². The minimum Gasteiger partial charge on any atom is -0.329 e. The van der Waals surface area contributed by atoms with Crippen LogP contribution in [0.5, 0.6) is 0 Å². The van der Waals surface area contributed by atoms with Crippen molar-refractivity contribution in [2.75, 3.05) is 6.54 Å². The van der Waals surface area contributed by atoms with Gasteiger partial charge in [-0.05, 0) is 30.5 Å². The van der Waals surface area contributed by atoms with Crippen molar-refractivity contribution in [1.82, 2.24) is 40.3 Å². The Morgan fingerprint density at radius 3 is 2.81 bits per heavy atom. The summed E-state index contributed by atoms with van der Waals surface area (Å²) in [7, 11) is 0. The lowest BCUT2D eigenvalue weighted by atomic mass is 10.00. The Morgan fingerprint density at radius 1 is 1.26 bits per heavy atom. The van der Waals surface area contributed by atoms with Crippen LogP contribution in [0, 0.1) is 12.8 Å². The standard InChI is InChI=1S/C18H22N8O/c1-11(2)8-13-9-25(10-16-20-19-12(3)26(13)16)18(27)15-7-5-4-6-14(15)17-21-23-24-22-17/h4-7,11,13H,8-10H2,1-3H3,(H,21,22,23,24)/t13-/m0/s1. The summed E-state index contributed by atoms with van der Waals surface area (Å²) in [6.45, 7) is 7.41. The number of tetrazole rings is 1. The van der Waals surface area contributed by atoms with Crippen molar-refractivity contribution in [3.8, 4) is 11.4 Å². The monoisotopic (exact) mass is 366 g/mol. The molecule has 1 atom stereocenters. The summed E-state index contributed by atoms with van der Waals surface area (Å²) in [5.74, 6) is 2.58. The maximum absolute atomic E-state index is 13.3. The predicted octanol–water partition coefficient (Wildman–Crippen LogP) is 2.01. The zero-order valence-corrected chi connectivity index (χ0v) is 15.6. The molecule has 1 aliphatic rings. The number of carbonyl (C=O) groups is 1. The van der Waals surface area contributed by atoms with Gasteiger partial charge in [0.2, 0.25) is 5.82 Å². The van der Waals surface area contributed by atoms with Crippen LogP contribution in [0.4, 0.5) is 0 Å². The van der Waals surface area contributed by atoms with Gasteiger partial charge >= 0.3 is 0 Å². The van der Waals surface area contributed by atoms with Gasteiger partial charge in [0.25, 0.3) is 5.91 Å². The Labute approximate surface area is 156 Å². The molecule has 0 saturated carbocycles. The van der Waals surface area contributed by atoms with E-state index in [2.05, 4.69) is 49.2 Å². The number of nitrogens with one attached hydrogen (secondary N) is 1. The lowest BCUT2D eigenvalue weighted by Gasteiger charge is -2.35. The number of nitrogens with zero attached hydrogens (tertiary/aromatic N) is 7. The highest BCUT2D eigenvalue weighted by Crippen LogP contribution is 2.29. The zero-order valence-electron chi connectivity index (χ0n) is 15.6. The summed E-state index contributed by atoms with van der Waals surface area (Å²) in [5, 5.41) is 22.6. The fourth-order valence-corrected chi connectivity index (χ4v) is 3.76. The first kappa shape index (κ1) is 17.3. The van der Waals surface area contributed by atoms with Gasteiger partial charge in [0.1, 0.15) is 5.82 Å². The molecular formula is C18H22N8O. The quantitative estimate of drug-likeness (QED) is 0.757. The number of fused-ring (bicyclic) bond motifs is 1. The Morgan fingerprint density at radius 2 is 2.07 bits per heavy atom. The average Bonchev–Trinajstić information content (AvgIpc) is 3.31. The number of carbonyl (C=O) groups excluding carboxylic acids is 1. The second-order valence-corrected chi connectivity index (χ2v) is 7.28. The Kier molecular flexibility index (Phi) is 4.43. The molecule has 1 N–H and O–H groups in total. The van der Waals surface area contributed by atoms with Crippen molar-refractivity contribution in [3.05, 3.63) is 41.5 Å². The highest BCUT2D eigenvalue weighted by atomic mass is 16.2. The van der Waals surface area contributed by atoms with Crippen molar-refractivity contribution in [2.45, 2.75) is 39.8 Å². The first-order valence-corrected chi connectivity index (χ1v) is 9.07. The largest absolute Gasteiger partial charge is 0.329 e. The highest BCUT2D eigenvalue weighted by Gasteiger charge is 2.32. The number of aromatic nitrogens is 7. The van der Waals surface area contributed by atoms with Gasteiger partial charge in [-0.2, -0.15) is 5.21 Å². The summed E-state index contributed by atoms with van der Waals surface area (Å²) in [6.07, 6.45) is 0.960. The van der Waals surface area contributed by atoms with Crippen LogP contribution >= 0.6 is 0 Å². The van der Waals surface area contributed by atoms with E-state index in [0.29, 0.717) is 36.0 Å². The number of amides is 1. The van der Waals surface area contributed by atoms with Gasteiger partial charge in [-0.15, -0.1) is 20.4 Å². The number of rotatable bonds is 4. The molecule has 3 aromatic rings. The molecule has 0 bridgehead atoms. The highest BCUT2D eigenvalue weighted by molar-refractivity contribution is 6.00. The molecule has 9 heteroatoms.